The molecule has 0 aromatic rings. The molecule has 0 radical (unpaired) electrons. The summed E-state index contributed by atoms with van der Waals surface area (Å²) in [7, 11) is -10.0. The molecule has 2 amide bonds. The summed E-state index contributed by atoms with van der Waals surface area (Å²) < 4.78 is 81.9. The molecule has 0 heterocycles. The molecular formula is C83H160N2Na2O19P2. The number of carbonyl (C=O) groups excluding carboxylic acids is 5. The summed E-state index contributed by atoms with van der Waals surface area (Å²) in [4.78, 5) is 91.1. The monoisotopic (exact) mass is 1600 g/mol. The molecule has 2 N–H and O–H groups in total. The van der Waals surface area contributed by atoms with Crippen LogP contribution in [-0.2, 0) is 74.8 Å². The number of rotatable bonds is 84. The van der Waals surface area contributed by atoms with Crippen LogP contribution in [0.3, 0.4) is 0 Å². The molecule has 25 heteroatoms. The maximum absolute atomic E-state index is 13.2. The van der Waals surface area contributed by atoms with Crippen LogP contribution in [0.2, 0.25) is 0 Å². The van der Waals surface area contributed by atoms with Gasteiger partial charge in [-0.15, -0.1) is 0 Å². The van der Waals surface area contributed by atoms with E-state index in [2.05, 4.69) is 52.2 Å². The van der Waals surface area contributed by atoms with E-state index in [4.69, 9.17) is 46.5 Å². The van der Waals surface area contributed by atoms with E-state index in [1.165, 1.54) is 167 Å². The van der Waals surface area contributed by atoms with Gasteiger partial charge in [0.1, 0.15) is 24.4 Å². The Morgan fingerprint density at radius 3 is 0.722 bits per heavy atom. The van der Waals surface area contributed by atoms with E-state index < -0.39 is 72.3 Å². The number of hydrogen-bond donors (Lipinski definition) is 2. The Bertz CT molecular complexity index is 1970. The van der Waals surface area contributed by atoms with Crippen LogP contribution in [0.25, 0.3) is 0 Å². The predicted molar refractivity (Wildman–Crippen MR) is 423 cm³/mol. The molecule has 0 aromatic carbocycles. The van der Waals surface area contributed by atoms with Gasteiger partial charge in [-0.2, -0.15) is 0 Å². The minimum absolute atomic E-state index is 0. The smallest absolute Gasteiger partial charge is 0.756 e. The topological polar surface area (TPSA) is 282 Å². The fourth-order valence-corrected chi connectivity index (χ4v) is 14.2. The summed E-state index contributed by atoms with van der Waals surface area (Å²) in [6.45, 7) is 10.4. The van der Waals surface area contributed by atoms with E-state index in [1.807, 2.05) is 0 Å². The van der Waals surface area contributed by atoms with Crippen LogP contribution in [0, 0.1) is 0 Å². The summed E-state index contributed by atoms with van der Waals surface area (Å²) in [5.74, 6) is -1.44. The van der Waals surface area contributed by atoms with Gasteiger partial charge in [-0.1, -0.05) is 324 Å². The SMILES string of the molecule is CCCCCCCCCCCCCC(=O)O[C@@H](COCC[C@@H](CCCCCCC)OC(=O)CCCCCCCCCCC)COP(=O)([O-])OCCNC(=O)NCCOP(=O)([O-])OC[C@H](COCC[C@@H](CCCCCCC)OC(=O)CCCCCCCCCCC)OC(=O)CCCCCCCCCCCCC.[Na+].[Na+]. The number of phosphoric ester groups is 2. The van der Waals surface area contributed by atoms with Crippen molar-refractivity contribution in [2.45, 2.75) is 438 Å². The molecule has 108 heavy (non-hydrogen) atoms. The van der Waals surface area contributed by atoms with Crippen molar-refractivity contribution in [2.75, 3.05) is 65.9 Å². The third kappa shape index (κ3) is 80.5. The second-order valence-corrected chi connectivity index (χ2v) is 32.5. The number of unbranched alkanes of at least 4 members (excludes halogenated alkanes) is 44. The molecule has 0 bridgehead atoms. The molecule has 0 fully saturated rings. The molecule has 0 aliphatic rings. The zero-order valence-electron chi connectivity index (χ0n) is 70.5. The molecule has 0 saturated carbocycles. The van der Waals surface area contributed by atoms with Crippen molar-refractivity contribution >= 4 is 45.6 Å². The van der Waals surface area contributed by atoms with Gasteiger partial charge in [0, 0.05) is 51.6 Å². The molecule has 21 nitrogen and oxygen atoms in total. The fourth-order valence-electron chi connectivity index (χ4n) is 12.7. The summed E-state index contributed by atoms with van der Waals surface area (Å²) >= 11 is 0. The minimum Gasteiger partial charge on any atom is -0.756 e. The molecule has 0 aliphatic heterocycles. The Morgan fingerprint density at radius 2 is 0.481 bits per heavy atom. The standard InChI is InChI=1S/C83H162N2O19P2.2Na/c1-7-13-19-25-29-33-35-39-43-49-55-61-81(88)103-77(71-95-67-63-75(57-51-45-23-17-11-5)101-79(86)59-53-47-41-37-31-27-21-15-9-3)73-99-105(91,92)97-69-65-84-83(90)85-66-70-98-106(93,94)100-74-78(104-82(89)62-56-50-44-40-36-34-30-26-20-14-8-2)72-96-68-64-76(58-52-46-24-18-12-6)102-80(87)60-54-48-42-38-32-28-22-16-10-4;;/h75-78H,7-74H2,1-6H3,(H,91,92)(H,93,94)(H2,84,85,90);;/q;2*+1/p-2/t75-,76-,77+,78+;;/m1../s1. The van der Waals surface area contributed by atoms with Crippen molar-refractivity contribution in [2.24, 2.45) is 0 Å². The van der Waals surface area contributed by atoms with Gasteiger partial charge in [0.15, 0.2) is 0 Å². The first-order valence-electron chi connectivity index (χ1n) is 43.7. The van der Waals surface area contributed by atoms with Gasteiger partial charge in [-0.25, -0.2) is 4.79 Å². The maximum atomic E-state index is 13.2. The molecule has 628 valence electrons. The molecular weight excluding hydrogens is 1440 g/mol. The third-order valence-electron chi connectivity index (χ3n) is 19.3. The van der Waals surface area contributed by atoms with Gasteiger partial charge < -0.3 is 66.9 Å². The predicted octanol–water partition coefficient (Wildman–Crippen LogP) is 15.7. The third-order valence-corrected chi connectivity index (χ3v) is 21.2. The number of hydrogen-bond acceptors (Lipinski definition) is 19. The number of phosphoric acid groups is 2. The molecule has 0 aliphatic carbocycles. The van der Waals surface area contributed by atoms with Gasteiger partial charge in [0.25, 0.3) is 15.6 Å². The van der Waals surface area contributed by atoms with Gasteiger partial charge in [-0.05, 0) is 51.4 Å². The van der Waals surface area contributed by atoms with Crippen LogP contribution in [0.1, 0.15) is 414 Å². The quantitative estimate of drug-likeness (QED) is 0.0188. The second kappa shape index (κ2) is 84.2. The van der Waals surface area contributed by atoms with Gasteiger partial charge >= 0.3 is 89.0 Å². The number of ether oxygens (including phenoxy) is 6. The molecule has 6 atom stereocenters. The maximum Gasteiger partial charge on any atom is 1.00 e. The van der Waals surface area contributed by atoms with Gasteiger partial charge in [0.2, 0.25) is 0 Å². The number of amides is 2. The van der Waals surface area contributed by atoms with Gasteiger partial charge in [-0.3, -0.25) is 28.3 Å². The molecule has 0 saturated heterocycles. The van der Waals surface area contributed by atoms with Crippen molar-refractivity contribution in [3.05, 3.63) is 0 Å². The van der Waals surface area contributed by atoms with Crippen LogP contribution in [0.4, 0.5) is 4.79 Å². The van der Waals surface area contributed by atoms with Crippen LogP contribution < -0.4 is 79.5 Å². The van der Waals surface area contributed by atoms with Crippen molar-refractivity contribution in [3.8, 4) is 0 Å². The number of esters is 4. The molecule has 0 aromatic heterocycles. The first kappa shape index (κ1) is 111. The van der Waals surface area contributed by atoms with Gasteiger partial charge in [0.05, 0.1) is 52.9 Å². The summed E-state index contributed by atoms with van der Waals surface area (Å²) in [6.07, 6.45) is 56.2. The largest absolute Gasteiger partial charge is 1.00 e. The van der Waals surface area contributed by atoms with E-state index in [0.29, 0.717) is 51.4 Å². The van der Waals surface area contributed by atoms with E-state index in [0.717, 1.165) is 141 Å². The van der Waals surface area contributed by atoms with E-state index >= 15 is 0 Å². The van der Waals surface area contributed by atoms with Crippen molar-refractivity contribution in [3.63, 3.8) is 0 Å². The van der Waals surface area contributed by atoms with Crippen LogP contribution >= 0.6 is 15.6 Å². The Morgan fingerprint density at radius 1 is 0.269 bits per heavy atom. The first-order valence-corrected chi connectivity index (χ1v) is 46.6. The number of urea groups is 1. The molecule has 0 spiro atoms. The Kier molecular flexibility index (Phi) is 86.9. The molecule has 2 unspecified atom stereocenters. The first-order chi connectivity index (χ1) is 51.5. The number of nitrogens with one attached hydrogen (secondary N) is 2. The van der Waals surface area contributed by atoms with E-state index in [1.54, 1.807) is 0 Å². The van der Waals surface area contributed by atoms with Crippen LogP contribution in [-0.4, -0.2) is 120 Å². The number of carbonyl (C=O) groups is 5. The summed E-state index contributed by atoms with van der Waals surface area (Å²) in [6, 6.07) is -0.779. The fraction of sp³-hybridized carbons (Fsp3) is 0.940. The van der Waals surface area contributed by atoms with Crippen molar-refractivity contribution in [1.29, 1.82) is 0 Å². The second-order valence-electron chi connectivity index (χ2n) is 29.6. The summed E-state index contributed by atoms with van der Waals surface area (Å²) in [5.41, 5.74) is 0. The van der Waals surface area contributed by atoms with E-state index in [-0.39, 0.29) is 136 Å². The average Bonchev–Trinajstić information content (AvgIpc) is 0.915. The summed E-state index contributed by atoms with van der Waals surface area (Å²) in [5, 5.41) is 4.87. The minimum atomic E-state index is -5.00. The average molecular weight is 1600 g/mol. The Balaban J connectivity index is -0.0000551. The Hall–Kier alpha value is -0.710. The van der Waals surface area contributed by atoms with Crippen molar-refractivity contribution in [1.82, 2.24) is 10.6 Å². The Labute approximate surface area is 703 Å². The zero-order valence-corrected chi connectivity index (χ0v) is 76.3. The normalized spacial score (nSPS) is 13.6. The molecule has 0 rings (SSSR count). The van der Waals surface area contributed by atoms with Crippen LogP contribution in [0.15, 0.2) is 0 Å². The zero-order chi connectivity index (χ0) is 77.8. The van der Waals surface area contributed by atoms with Crippen molar-refractivity contribution < 1.29 is 149 Å². The van der Waals surface area contributed by atoms with E-state index in [9.17, 15) is 42.9 Å². The van der Waals surface area contributed by atoms with Crippen LogP contribution in [0.5, 0.6) is 0 Å².